The second-order valence-corrected chi connectivity index (χ2v) is 9.12. The van der Waals surface area contributed by atoms with Gasteiger partial charge in [-0.05, 0) is 19.8 Å². The van der Waals surface area contributed by atoms with Crippen molar-refractivity contribution in [3.63, 3.8) is 0 Å². The monoisotopic (exact) mass is 369 g/mol. The van der Waals surface area contributed by atoms with Crippen molar-refractivity contribution in [1.29, 1.82) is 0 Å². The average molecular weight is 369 g/mol. The minimum atomic E-state index is -1.07. The van der Waals surface area contributed by atoms with Crippen molar-refractivity contribution in [1.82, 2.24) is 15.1 Å². The van der Waals surface area contributed by atoms with Gasteiger partial charge in [0.2, 0.25) is 5.91 Å². The number of amides is 1. The summed E-state index contributed by atoms with van der Waals surface area (Å²) in [6.07, 6.45) is 5.41. The number of β-lactam (4-membered cyclic amide) rings is 1. The van der Waals surface area contributed by atoms with Crippen LogP contribution in [0.4, 0.5) is 0 Å². The Bertz CT molecular complexity index is 651. The van der Waals surface area contributed by atoms with Crippen molar-refractivity contribution >= 4 is 35.4 Å². The maximum absolute atomic E-state index is 12.2. The number of carboxylic acids is 1. The van der Waals surface area contributed by atoms with Gasteiger partial charge in [0.15, 0.2) is 5.70 Å². The van der Waals surface area contributed by atoms with Gasteiger partial charge in [0, 0.05) is 24.2 Å². The molecule has 0 radical (unpaired) electrons. The molecule has 9 heteroatoms. The number of carboxylic acid groups (broad SMARTS) is 1. The summed E-state index contributed by atoms with van der Waals surface area (Å²) < 4.78 is 0.702. The zero-order valence-electron chi connectivity index (χ0n) is 13.1. The number of hydrogen-bond acceptors (Lipinski definition) is 7. The topological polar surface area (TPSA) is 93.1 Å². The molecule has 0 aromatic rings. The van der Waals surface area contributed by atoms with Gasteiger partial charge in [-0.25, -0.2) is 4.79 Å². The largest absolute Gasteiger partial charge is 0.477 e. The highest BCUT2D eigenvalue weighted by atomic mass is 32.2. The van der Waals surface area contributed by atoms with E-state index < -0.39 is 18.0 Å². The van der Waals surface area contributed by atoms with E-state index in [9.17, 15) is 19.8 Å². The average Bonchev–Trinajstić information content (AvgIpc) is 3.09. The first-order valence-electron chi connectivity index (χ1n) is 7.98. The molecular formula is C15H19N3O4S2. The first-order chi connectivity index (χ1) is 11.5. The number of aliphatic carboxylic acids is 1. The van der Waals surface area contributed by atoms with E-state index in [0.29, 0.717) is 9.49 Å². The molecular weight excluding hydrogens is 350 g/mol. The number of thioether (sulfide) groups is 2. The first kappa shape index (κ1) is 16.2. The molecule has 0 spiro atoms. The van der Waals surface area contributed by atoms with Gasteiger partial charge in [-0.3, -0.25) is 9.69 Å². The molecule has 4 heterocycles. The van der Waals surface area contributed by atoms with Crippen LogP contribution in [0.25, 0.3) is 0 Å². The summed E-state index contributed by atoms with van der Waals surface area (Å²) in [5.41, 5.74) is 0.0943. The van der Waals surface area contributed by atoms with Gasteiger partial charge in [0.1, 0.15) is 5.37 Å². The van der Waals surface area contributed by atoms with Gasteiger partial charge in [-0.1, -0.05) is 11.8 Å². The van der Waals surface area contributed by atoms with E-state index in [2.05, 4.69) is 16.4 Å². The SMILES string of the molecule is C[C@@H](O)[C@@H]1C(=O)N2C(C(=O)O)=C(SC3CCN4C=CNC4C3)S[C@@H]12. The fourth-order valence-electron chi connectivity index (χ4n) is 3.63. The first-order valence-corrected chi connectivity index (χ1v) is 9.74. The Morgan fingerprint density at radius 2 is 2.33 bits per heavy atom. The van der Waals surface area contributed by atoms with Crippen molar-refractivity contribution in [3.8, 4) is 0 Å². The maximum Gasteiger partial charge on any atom is 0.354 e. The molecule has 2 fully saturated rings. The molecule has 24 heavy (non-hydrogen) atoms. The lowest BCUT2D eigenvalue weighted by molar-refractivity contribution is -0.156. The number of aliphatic hydroxyl groups excluding tert-OH is 1. The van der Waals surface area contributed by atoms with Crippen LogP contribution in [-0.4, -0.2) is 61.3 Å². The molecule has 0 aromatic carbocycles. The summed E-state index contributed by atoms with van der Waals surface area (Å²) in [6, 6.07) is 0. The van der Waals surface area contributed by atoms with Gasteiger partial charge in [-0.2, -0.15) is 0 Å². The summed E-state index contributed by atoms with van der Waals surface area (Å²) in [6.45, 7) is 2.52. The fourth-order valence-corrected chi connectivity index (χ4v) is 6.98. The molecule has 3 N–H and O–H groups in total. The van der Waals surface area contributed by atoms with Crippen LogP contribution in [-0.2, 0) is 9.59 Å². The quantitative estimate of drug-likeness (QED) is 0.625. The molecule has 0 bridgehead atoms. The third kappa shape index (κ3) is 2.41. The van der Waals surface area contributed by atoms with Gasteiger partial charge in [-0.15, -0.1) is 11.8 Å². The second kappa shape index (κ2) is 5.89. The number of hydrogen-bond donors (Lipinski definition) is 3. The standard InChI is InChI=1S/C15H19N3O4S2/c1-7(19)10-12(20)18-11(14(21)22)15(24-13(10)18)23-8-2-4-17-5-3-16-9(17)6-8/h3,5,7-10,13,16,19H,2,4,6H2,1H3,(H,21,22)/t7-,8?,9?,10-,13+/m1/s1. The van der Waals surface area contributed by atoms with Crippen molar-refractivity contribution in [2.75, 3.05) is 6.54 Å². The Balaban J connectivity index is 1.50. The van der Waals surface area contributed by atoms with E-state index in [0.717, 1.165) is 19.4 Å². The third-order valence-electron chi connectivity index (χ3n) is 4.89. The number of nitrogens with one attached hydrogen (secondary N) is 1. The lowest BCUT2D eigenvalue weighted by Gasteiger charge is -2.43. The Morgan fingerprint density at radius 3 is 3.04 bits per heavy atom. The highest BCUT2D eigenvalue weighted by Crippen LogP contribution is 2.55. The van der Waals surface area contributed by atoms with Crippen LogP contribution in [0.3, 0.4) is 0 Å². The Labute approximate surface area is 148 Å². The van der Waals surface area contributed by atoms with Crippen molar-refractivity contribution in [2.24, 2.45) is 5.92 Å². The van der Waals surface area contributed by atoms with Crippen molar-refractivity contribution < 1.29 is 19.8 Å². The van der Waals surface area contributed by atoms with Crippen LogP contribution >= 0.6 is 23.5 Å². The molecule has 2 unspecified atom stereocenters. The summed E-state index contributed by atoms with van der Waals surface area (Å²) in [7, 11) is 0. The number of carbonyl (C=O) groups excluding carboxylic acids is 1. The zero-order chi connectivity index (χ0) is 17.0. The van der Waals surface area contributed by atoms with E-state index in [-0.39, 0.29) is 23.1 Å². The Kier molecular flexibility index (Phi) is 3.97. The maximum atomic E-state index is 12.2. The molecule has 0 aliphatic carbocycles. The number of rotatable bonds is 4. The normalized spacial score (nSPS) is 35.5. The molecule has 7 nitrogen and oxygen atoms in total. The zero-order valence-corrected chi connectivity index (χ0v) is 14.7. The van der Waals surface area contributed by atoms with Crippen LogP contribution < -0.4 is 5.32 Å². The molecule has 130 valence electrons. The van der Waals surface area contributed by atoms with Gasteiger partial charge >= 0.3 is 5.97 Å². The molecule has 4 aliphatic heterocycles. The molecule has 0 aromatic heterocycles. The highest BCUT2D eigenvalue weighted by Gasteiger charge is 2.58. The van der Waals surface area contributed by atoms with Crippen LogP contribution in [0.15, 0.2) is 22.3 Å². The highest BCUT2D eigenvalue weighted by molar-refractivity contribution is 8.23. The van der Waals surface area contributed by atoms with Crippen LogP contribution in [0, 0.1) is 5.92 Å². The summed E-state index contributed by atoms with van der Waals surface area (Å²) in [5.74, 6) is -1.86. The lowest BCUT2D eigenvalue weighted by Crippen LogP contribution is -2.60. The van der Waals surface area contributed by atoms with Crippen LogP contribution in [0.1, 0.15) is 19.8 Å². The Morgan fingerprint density at radius 1 is 1.54 bits per heavy atom. The smallest absolute Gasteiger partial charge is 0.354 e. The number of nitrogens with zero attached hydrogens (tertiary/aromatic N) is 2. The second-order valence-electron chi connectivity index (χ2n) is 6.42. The number of carbonyl (C=O) groups is 2. The van der Waals surface area contributed by atoms with Crippen LogP contribution in [0.5, 0.6) is 0 Å². The molecule has 0 saturated carbocycles. The van der Waals surface area contributed by atoms with E-state index >= 15 is 0 Å². The number of piperidine rings is 1. The lowest BCUT2D eigenvalue weighted by atomic mass is 9.92. The molecule has 4 rings (SSSR count). The summed E-state index contributed by atoms with van der Waals surface area (Å²) in [5, 5.41) is 22.7. The molecule has 4 aliphatic rings. The fraction of sp³-hybridized carbons (Fsp3) is 0.600. The minimum Gasteiger partial charge on any atom is -0.477 e. The van der Waals surface area contributed by atoms with E-state index in [1.807, 2.05) is 6.20 Å². The molecule has 1 amide bonds. The predicted octanol–water partition coefficient (Wildman–Crippen LogP) is 0.750. The van der Waals surface area contributed by atoms with E-state index in [1.165, 1.54) is 16.7 Å². The van der Waals surface area contributed by atoms with Gasteiger partial charge in [0.05, 0.1) is 22.4 Å². The third-order valence-corrected chi connectivity index (χ3v) is 7.79. The van der Waals surface area contributed by atoms with Gasteiger partial charge in [0.25, 0.3) is 0 Å². The Hall–Kier alpha value is -1.32. The van der Waals surface area contributed by atoms with Crippen molar-refractivity contribution in [2.45, 2.75) is 42.7 Å². The van der Waals surface area contributed by atoms with E-state index in [1.54, 1.807) is 18.7 Å². The van der Waals surface area contributed by atoms with Gasteiger partial charge < -0.3 is 20.4 Å². The summed E-state index contributed by atoms with van der Waals surface area (Å²) in [4.78, 5) is 27.5. The van der Waals surface area contributed by atoms with Crippen molar-refractivity contribution in [3.05, 3.63) is 22.3 Å². The minimum absolute atomic E-state index is 0.0943. The van der Waals surface area contributed by atoms with E-state index in [4.69, 9.17) is 0 Å². The number of fused-ring (bicyclic) bond motifs is 2. The predicted molar refractivity (Wildman–Crippen MR) is 91.4 cm³/mol. The summed E-state index contributed by atoms with van der Waals surface area (Å²) >= 11 is 2.98. The van der Waals surface area contributed by atoms with Crippen LogP contribution in [0.2, 0.25) is 0 Å². The molecule has 5 atom stereocenters. The molecule has 2 saturated heterocycles. The number of aliphatic hydroxyl groups is 1.